The van der Waals surface area contributed by atoms with Gasteiger partial charge in [-0.1, -0.05) is 239 Å². The quantitative estimate of drug-likeness (QED) is 0.107. The Hall–Kier alpha value is -8.49. The van der Waals surface area contributed by atoms with Crippen LogP contribution < -0.4 is 20.7 Å². The molecule has 0 aromatic heterocycles. The summed E-state index contributed by atoms with van der Waals surface area (Å²) in [6.45, 7) is 32.0. The SMILES string of the molecule is Cc1cccc(C)c1-c1cccc(-c2c(C)cccc2C)c1[Si]1[Si]2(c3c(-c4c(C)cccc4C)cccc3-c3c(C)cccc3C)[Si](c3c(-c4c(C)cccc4C)cccc3-c3c(C)cccc3C)[Si]12c1c(-c2c(C)cccc2C)cccc1-c1c(C)cccc1C. The van der Waals surface area contributed by atoms with Crippen LogP contribution in [0.15, 0.2) is 218 Å². The van der Waals surface area contributed by atoms with Crippen LogP contribution in [0.3, 0.4) is 0 Å². The minimum Gasteiger partial charge on any atom is -0.0617 e. The smallest absolute Gasteiger partial charge is 0.0617 e. The highest BCUT2D eigenvalue weighted by Crippen LogP contribution is 2.66. The van der Waals surface area contributed by atoms with Crippen LogP contribution >= 0.6 is 0 Å². The summed E-state index contributed by atoms with van der Waals surface area (Å²) in [4.78, 5) is 0. The van der Waals surface area contributed by atoms with Crippen molar-refractivity contribution in [2.45, 2.75) is 111 Å². The van der Waals surface area contributed by atoms with Crippen molar-refractivity contribution < 1.29 is 0 Å². The lowest BCUT2D eigenvalue weighted by atomic mass is 9.90. The van der Waals surface area contributed by atoms with Crippen molar-refractivity contribution in [3.63, 3.8) is 0 Å². The molecule has 2 aliphatic heterocycles. The van der Waals surface area contributed by atoms with Gasteiger partial charge in [0.1, 0.15) is 0 Å². The van der Waals surface area contributed by atoms with Gasteiger partial charge in [0.05, 0.1) is 28.9 Å². The zero-order chi connectivity index (χ0) is 64.4. The Labute approximate surface area is 553 Å². The second kappa shape index (κ2) is 23.3. The molecular formula is C88H84Si4. The summed E-state index contributed by atoms with van der Waals surface area (Å²) >= 11 is 0. The molecule has 92 heavy (non-hydrogen) atoms. The molecule has 0 spiro atoms. The number of aryl methyl sites for hydroxylation is 16. The molecule has 0 nitrogen and oxygen atoms in total. The number of fused-ring (bicyclic) bond motifs is 1. The molecule has 0 aliphatic carbocycles. The lowest BCUT2D eigenvalue weighted by molar-refractivity contribution is 1.37. The highest BCUT2D eigenvalue weighted by Gasteiger charge is 3.04. The van der Waals surface area contributed by atoms with Crippen molar-refractivity contribution in [1.82, 2.24) is 0 Å². The van der Waals surface area contributed by atoms with E-state index in [1.807, 2.05) is 0 Å². The molecule has 0 amide bonds. The van der Waals surface area contributed by atoms with Crippen LogP contribution in [0.25, 0.3) is 89.0 Å². The fourth-order valence-corrected chi connectivity index (χ4v) is 148. The Morgan fingerprint density at radius 1 is 0.163 bits per heavy atom. The maximum Gasteiger partial charge on any atom is 0.0729 e. The topological polar surface area (TPSA) is 0 Å². The third kappa shape index (κ3) is 9.13. The Morgan fingerprint density at radius 2 is 0.283 bits per heavy atom. The highest BCUT2D eigenvalue weighted by molar-refractivity contribution is 8.56. The third-order valence-corrected chi connectivity index (χ3v) is 98.6. The van der Waals surface area contributed by atoms with Gasteiger partial charge in [-0.05, 0) is 289 Å². The zero-order valence-electron chi connectivity index (χ0n) is 56.8. The third-order valence-electron chi connectivity index (χ3n) is 21.4. The summed E-state index contributed by atoms with van der Waals surface area (Å²) in [7, 11) is -3.42. The molecule has 452 valence electrons. The number of benzene rings is 12. The molecule has 0 atom stereocenters. The first-order chi connectivity index (χ1) is 44.4. The predicted octanol–water partition coefficient (Wildman–Crippen LogP) is 20.2. The highest BCUT2D eigenvalue weighted by atomic mass is 30.7. The van der Waals surface area contributed by atoms with E-state index in [0.717, 1.165) is 0 Å². The lowest BCUT2D eigenvalue weighted by Gasteiger charge is -2.33. The fraction of sp³-hybridized carbons (Fsp3) is 0.182. The molecule has 0 unspecified atom stereocenters. The molecular weight excluding hydrogens is 1170 g/mol. The lowest BCUT2D eigenvalue weighted by Crippen LogP contribution is -2.62. The summed E-state index contributed by atoms with van der Waals surface area (Å²) in [6, 6.07) is 87.3. The van der Waals surface area contributed by atoms with Crippen LogP contribution in [0, 0.1) is 111 Å². The molecule has 0 bridgehead atoms. The van der Waals surface area contributed by atoms with Crippen LogP contribution in [0.4, 0.5) is 0 Å². The van der Waals surface area contributed by atoms with Crippen LogP contribution in [-0.4, -0.2) is 28.9 Å². The molecule has 2 aliphatic rings. The van der Waals surface area contributed by atoms with E-state index >= 15 is 0 Å². The Balaban J connectivity index is 1.33. The molecule has 2 heterocycles. The molecule has 2 fully saturated rings. The van der Waals surface area contributed by atoms with Gasteiger partial charge in [-0.2, -0.15) is 0 Å². The van der Waals surface area contributed by atoms with Crippen molar-refractivity contribution in [3.8, 4) is 89.0 Å². The van der Waals surface area contributed by atoms with Crippen molar-refractivity contribution in [2.75, 3.05) is 0 Å². The summed E-state index contributed by atoms with van der Waals surface area (Å²) in [5.74, 6) is 0. The monoisotopic (exact) mass is 1250 g/mol. The maximum absolute atomic E-state index is 3.15. The van der Waals surface area contributed by atoms with E-state index < -0.39 is 28.9 Å². The molecule has 0 saturated carbocycles. The number of rotatable bonds is 12. The van der Waals surface area contributed by atoms with Gasteiger partial charge in [0, 0.05) is 0 Å². The molecule has 2 saturated heterocycles. The van der Waals surface area contributed by atoms with E-state index in [-0.39, 0.29) is 0 Å². The molecule has 12 aromatic rings. The van der Waals surface area contributed by atoms with Crippen molar-refractivity contribution >= 4 is 49.7 Å². The fourth-order valence-electron chi connectivity index (χ4n) is 17.8. The molecule has 4 heteroatoms. The molecule has 12 aromatic carbocycles. The van der Waals surface area contributed by atoms with Gasteiger partial charge >= 0.3 is 0 Å². The minimum absolute atomic E-state index is 1.34. The Kier molecular flexibility index (Phi) is 15.4. The second-order valence-corrected chi connectivity index (χ2v) is 65.3. The van der Waals surface area contributed by atoms with Crippen molar-refractivity contribution in [2.24, 2.45) is 0 Å². The van der Waals surface area contributed by atoms with E-state index in [4.69, 9.17) is 0 Å². The largest absolute Gasteiger partial charge is 0.0729 e. The van der Waals surface area contributed by atoms with Gasteiger partial charge in [-0.3, -0.25) is 0 Å². The first kappa shape index (κ1) is 61.0. The first-order valence-corrected chi connectivity index (χ1v) is 45.2. The molecule has 14 rings (SSSR count). The van der Waals surface area contributed by atoms with E-state index in [1.165, 1.54) is 178 Å². The normalized spacial score (nSPS) is 16.0. The second-order valence-electron chi connectivity index (χ2n) is 27.3. The average molecular weight is 1250 g/mol. The zero-order valence-corrected chi connectivity index (χ0v) is 60.8. The van der Waals surface area contributed by atoms with Crippen LogP contribution in [0.1, 0.15) is 89.0 Å². The van der Waals surface area contributed by atoms with Gasteiger partial charge < -0.3 is 0 Å². The van der Waals surface area contributed by atoms with Crippen LogP contribution in [0.5, 0.6) is 0 Å². The summed E-state index contributed by atoms with van der Waals surface area (Å²) < 4.78 is 0. The van der Waals surface area contributed by atoms with Gasteiger partial charge in [-0.15, -0.1) is 0 Å². The molecule has 0 N–H and O–H groups in total. The predicted molar refractivity (Wildman–Crippen MR) is 407 cm³/mol. The summed E-state index contributed by atoms with van der Waals surface area (Å²) in [6.07, 6.45) is 0. The average Bonchev–Trinajstić information content (AvgIpc) is 1.38. The summed E-state index contributed by atoms with van der Waals surface area (Å²) in [5.41, 5.74) is 44.5. The number of hydrogen-bond donors (Lipinski definition) is 0. The van der Waals surface area contributed by atoms with E-state index in [1.54, 1.807) is 20.7 Å². The first-order valence-electron chi connectivity index (χ1n) is 33.2. The van der Waals surface area contributed by atoms with E-state index in [9.17, 15) is 0 Å². The maximum atomic E-state index is 2.62. The standard InChI is InChI=1S/C88H84Si4/c1-53-29-17-30-54(2)77(53)69-45-25-46-70(78-55(3)31-18-32-56(78)4)85(69)89-91(87-73(81-61(9)37-21-38-62(81)10)49-27-50-74(87)82-63(11)39-22-40-64(82)12)90(86-71(79-57(5)33-19-34-58(79)6)47-26-48-72(86)80-59(7)35-20-36-60(80)8)92(89,91)88-75(83-65(13)41-23-42-66(83)14)51-28-52-76(88)84-67(15)43-24-44-68(84)16/h17-52H,1-16H3. The van der Waals surface area contributed by atoms with E-state index in [0.29, 0.717) is 0 Å². The Bertz CT molecular complexity index is 4270. The minimum atomic E-state index is -3.15. The van der Waals surface area contributed by atoms with Gasteiger partial charge in [0.2, 0.25) is 0 Å². The Morgan fingerprint density at radius 3 is 0.435 bits per heavy atom. The number of hydrogen-bond acceptors (Lipinski definition) is 0. The van der Waals surface area contributed by atoms with Crippen molar-refractivity contribution in [3.05, 3.63) is 307 Å². The molecule has 2 radical (unpaired) electrons. The van der Waals surface area contributed by atoms with Crippen molar-refractivity contribution in [1.29, 1.82) is 0 Å². The van der Waals surface area contributed by atoms with E-state index in [2.05, 4.69) is 329 Å². The van der Waals surface area contributed by atoms with Crippen LogP contribution in [-0.2, 0) is 0 Å². The van der Waals surface area contributed by atoms with Gasteiger partial charge in [-0.25, -0.2) is 0 Å². The van der Waals surface area contributed by atoms with Gasteiger partial charge in [0.15, 0.2) is 0 Å². The van der Waals surface area contributed by atoms with Crippen LogP contribution in [0.2, 0.25) is 0 Å². The summed E-state index contributed by atoms with van der Waals surface area (Å²) in [5, 5.41) is 6.84. The van der Waals surface area contributed by atoms with Gasteiger partial charge in [0.25, 0.3) is 0 Å².